The first kappa shape index (κ1) is 10.2. The molecule has 0 heterocycles. The Balaban J connectivity index is 2.95. The van der Waals surface area contributed by atoms with Crippen LogP contribution >= 0.6 is 11.6 Å². The highest BCUT2D eigenvalue weighted by Crippen LogP contribution is 2.18. The molecule has 0 bridgehead atoms. The molecule has 1 unspecified atom stereocenters. The van der Waals surface area contributed by atoms with Gasteiger partial charge in [0.25, 0.3) is 0 Å². The van der Waals surface area contributed by atoms with Crippen LogP contribution in [0, 0.1) is 5.82 Å². The van der Waals surface area contributed by atoms with Crippen LogP contribution in [0.2, 0.25) is 5.02 Å². The van der Waals surface area contributed by atoms with Crippen LogP contribution in [0.15, 0.2) is 24.3 Å². The molecule has 0 aliphatic rings. The molecule has 70 valence electrons. The lowest BCUT2D eigenvalue weighted by atomic mass is 10.2. The lowest BCUT2D eigenvalue weighted by Crippen LogP contribution is -2.09. The van der Waals surface area contributed by atoms with Crippen LogP contribution in [-0.4, -0.2) is 6.04 Å². The van der Waals surface area contributed by atoms with Crippen molar-refractivity contribution in [1.29, 1.82) is 0 Å². The number of rotatable bonds is 2. The summed E-state index contributed by atoms with van der Waals surface area (Å²) in [6.07, 6.45) is 3.35. The first-order valence-corrected chi connectivity index (χ1v) is 4.37. The summed E-state index contributed by atoms with van der Waals surface area (Å²) >= 11 is 5.59. The van der Waals surface area contributed by atoms with Crippen molar-refractivity contribution in [3.8, 4) is 0 Å². The van der Waals surface area contributed by atoms with Gasteiger partial charge in [0.1, 0.15) is 5.82 Å². The van der Waals surface area contributed by atoms with Crippen molar-refractivity contribution in [2.24, 2.45) is 5.73 Å². The Hall–Kier alpha value is -0.860. The van der Waals surface area contributed by atoms with Crippen molar-refractivity contribution >= 4 is 17.7 Å². The van der Waals surface area contributed by atoms with Crippen LogP contribution < -0.4 is 5.73 Å². The third kappa shape index (κ3) is 2.83. The molecule has 0 saturated heterocycles. The van der Waals surface area contributed by atoms with E-state index in [0.717, 1.165) is 0 Å². The maximum Gasteiger partial charge on any atom is 0.148 e. The van der Waals surface area contributed by atoms with E-state index < -0.39 is 5.82 Å². The lowest BCUT2D eigenvalue weighted by molar-refractivity contribution is 0.625. The molecular formula is C10H11ClFN. The van der Waals surface area contributed by atoms with Crippen LogP contribution in [0.3, 0.4) is 0 Å². The third-order valence-electron chi connectivity index (χ3n) is 1.56. The molecule has 0 aliphatic carbocycles. The van der Waals surface area contributed by atoms with Gasteiger partial charge in [-0.2, -0.15) is 0 Å². The molecule has 0 spiro atoms. The van der Waals surface area contributed by atoms with Crippen molar-refractivity contribution < 1.29 is 4.39 Å². The van der Waals surface area contributed by atoms with Gasteiger partial charge in [-0.25, -0.2) is 4.39 Å². The van der Waals surface area contributed by atoms with Crippen molar-refractivity contribution in [2.45, 2.75) is 13.0 Å². The van der Waals surface area contributed by atoms with E-state index in [4.69, 9.17) is 17.3 Å². The Labute approximate surface area is 82.0 Å². The fourth-order valence-electron chi connectivity index (χ4n) is 0.905. The number of nitrogens with two attached hydrogens (primary N) is 1. The van der Waals surface area contributed by atoms with Gasteiger partial charge in [-0.15, -0.1) is 0 Å². The van der Waals surface area contributed by atoms with E-state index in [1.54, 1.807) is 24.3 Å². The van der Waals surface area contributed by atoms with Crippen LogP contribution in [0.25, 0.3) is 6.08 Å². The Morgan fingerprint density at radius 3 is 2.85 bits per heavy atom. The van der Waals surface area contributed by atoms with Gasteiger partial charge in [0.2, 0.25) is 0 Å². The van der Waals surface area contributed by atoms with Gasteiger partial charge in [0.05, 0.1) is 5.02 Å². The summed E-state index contributed by atoms with van der Waals surface area (Å²) in [7, 11) is 0. The maximum atomic E-state index is 13.2. The van der Waals surface area contributed by atoms with E-state index in [1.807, 2.05) is 6.92 Å². The largest absolute Gasteiger partial charge is 0.325 e. The quantitative estimate of drug-likeness (QED) is 0.779. The van der Waals surface area contributed by atoms with Gasteiger partial charge in [0.15, 0.2) is 0 Å². The van der Waals surface area contributed by atoms with E-state index in [9.17, 15) is 4.39 Å². The standard InChI is InChI=1S/C10H11ClFN/c1-7(13)5-6-8-3-2-4-9(11)10(8)12/h2-7H,13H2,1H3/b6-5+. The molecule has 3 heteroatoms. The third-order valence-corrected chi connectivity index (χ3v) is 1.85. The van der Waals surface area contributed by atoms with Crippen molar-refractivity contribution in [1.82, 2.24) is 0 Å². The van der Waals surface area contributed by atoms with E-state index in [-0.39, 0.29) is 11.1 Å². The second-order valence-corrected chi connectivity index (χ2v) is 3.27. The highest BCUT2D eigenvalue weighted by atomic mass is 35.5. The molecule has 0 fully saturated rings. The second kappa shape index (κ2) is 4.40. The summed E-state index contributed by atoms with van der Waals surface area (Å²) in [6.45, 7) is 1.82. The van der Waals surface area contributed by atoms with Gasteiger partial charge in [-0.3, -0.25) is 0 Å². The van der Waals surface area contributed by atoms with Gasteiger partial charge in [0, 0.05) is 11.6 Å². The van der Waals surface area contributed by atoms with Gasteiger partial charge < -0.3 is 5.73 Å². The Bertz CT molecular complexity index is 321. The number of benzene rings is 1. The summed E-state index contributed by atoms with van der Waals surface area (Å²) in [5.41, 5.74) is 5.95. The molecule has 1 rings (SSSR count). The van der Waals surface area contributed by atoms with Crippen LogP contribution in [0.4, 0.5) is 4.39 Å². The van der Waals surface area contributed by atoms with E-state index >= 15 is 0 Å². The highest BCUT2D eigenvalue weighted by molar-refractivity contribution is 6.30. The van der Waals surface area contributed by atoms with Gasteiger partial charge in [-0.1, -0.05) is 35.9 Å². The molecule has 1 aromatic carbocycles. The monoisotopic (exact) mass is 199 g/mol. The van der Waals surface area contributed by atoms with Crippen molar-refractivity contribution in [2.75, 3.05) is 0 Å². The van der Waals surface area contributed by atoms with Gasteiger partial charge in [-0.05, 0) is 13.0 Å². The van der Waals surface area contributed by atoms with E-state index in [1.165, 1.54) is 6.07 Å². The topological polar surface area (TPSA) is 26.0 Å². The van der Waals surface area contributed by atoms with Crippen molar-refractivity contribution in [3.05, 3.63) is 40.7 Å². The minimum atomic E-state index is -0.402. The van der Waals surface area contributed by atoms with E-state index in [2.05, 4.69) is 0 Å². The molecular weight excluding hydrogens is 189 g/mol. The first-order chi connectivity index (χ1) is 6.11. The minimum absolute atomic E-state index is 0.0848. The molecule has 1 aromatic rings. The molecule has 1 atom stereocenters. The normalized spacial score (nSPS) is 13.5. The maximum absolute atomic E-state index is 13.2. The van der Waals surface area contributed by atoms with Crippen LogP contribution in [0.1, 0.15) is 12.5 Å². The fourth-order valence-corrected chi connectivity index (χ4v) is 1.09. The van der Waals surface area contributed by atoms with E-state index in [0.29, 0.717) is 5.56 Å². The number of hydrogen-bond acceptors (Lipinski definition) is 1. The summed E-state index contributed by atoms with van der Waals surface area (Å²) in [6, 6.07) is 4.78. The zero-order chi connectivity index (χ0) is 9.84. The van der Waals surface area contributed by atoms with Crippen LogP contribution in [0.5, 0.6) is 0 Å². The zero-order valence-corrected chi connectivity index (χ0v) is 8.05. The smallest absolute Gasteiger partial charge is 0.148 e. The molecule has 0 saturated carbocycles. The Morgan fingerprint density at radius 1 is 1.54 bits per heavy atom. The lowest BCUT2D eigenvalue weighted by Gasteiger charge is -1.99. The predicted octanol–water partition coefficient (Wildman–Crippen LogP) is 2.84. The summed E-state index contributed by atoms with van der Waals surface area (Å²) in [5, 5.41) is 0.131. The molecule has 1 nitrogen and oxygen atoms in total. The average molecular weight is 200 g/mol. The Morgan fingerprint density at radius 2 is 2.23 bits per heavy atom. The highest BCUT2D eigenvalue weighted by Gasteiger charge is 2.02. The fraction of sp³-hybridized carbons (Fsp3) is 0.200. The number of hydrogen-bond donors (Lipinski definition) is 1. The molecule has 0 aromatic heterocycles. The molecule has 13 heavy (non-hydrogen) atoms. The summed E-state index contributed by atoms with van der Waals surface area (Å²) < 4.78 is 13.2. The van der Waals surface area contributed by atoms with Gasteiger partial charge >= 0.3 is 0 Å². The molecule has 0 amide bonds. The summed E-state index contributed by atoms with van der Waals surface area (Å²) in [5.74, 6) is -0.402. The minimum Gasteiger partial charge on any atom is -0.325 e. The number of halogens is 2. The molecule has 0 aliphatic heterocycles. The molecule has 2 N–H and O–H groups in total. The van der Waals surface area contributed by atoms with Crippen molar-refractivity contribution in [3.63, 3.8) is 0 Å². The summed E-state index contributed by atoms with van der Waals surface area (Å²) in [4.78, 5) is 0. The average Bonchev–Trinajstić information content (AvgIpc) is 2.07. The first-order valence-electron chi connectivity index (χ1n) is 3.99. The van der Waals surface area contributed by atoms with Crippen LogP contribution in [-0.2, 0) is 0 Å². The predicted molar refractivity (Wildman–Crippen MR) is 54.1 cm³/mol. The zero-order valence-electron chi connectivity index (χ0n) is 7.30. The molecule has 0 radical (unpaired) electrons. The SMILES string of the molecule is CC(N)/C=C/c1cccc(Cl)c1F. The second-order valence-electron chi connectivity index (χ2n) is 2.86. The Kier molecular flexibility index (Phi) is 3.46.